The first-order valence-corrected chi connectivity index (χ1v) is 6.69. The summed E-state index contributed by atoms with van der Waals surface area (Å²) in [6.07, 6.45) is 1.82. The molecule has 1 atom stereocenters. The molecule has 0 saturated carbocycles. The number of hydrogen-bond acceptors (Lipinski definition) is 2. The molecule has 1 aromatic carbocycles. The molecule has 0 spiro atoms. The van der Waals surface area contributed by atoms with Crippen molar-refractivity contribution in [3.05, 3.63) is 59.4 Å². The standard InChI is InChI=1S/C15H16N4O2/c16-14(20)11-6-7-18-8-9-19(15(17)21)12(13(11)18)10-4-2-1-3-5-10/h1-7,12H,8-9H2,(H2,16,20)(H2,17,21). The van der Waals surface area contributed by atoms with Crippen LogP contribution in [-0.2, 0) is 6.54 Å². The average Bonchev–Trinajstić information content (AvgIpc) is 2.91. The van der Waals surface area contributed by atoms with Gasteiger partial charge in [-0.25, -0.2) is 4.79 Å². The minimum Gasteiger partial charge on any atom is -0.366 e. The van der Waals surface area contributed by atoms with Gasteiger partial charge in [-0.05, 0) is 11.6 Å². The Balaban J connectivity index is 2.19. The first-order valence-electron chi connectivity index (χ1n) is 6.69. The number of fused-ring (bicyclic) bond motifs is 1. The molecule has 21 heavy (non-hydrogen) atoms. The van der Waals surface area contributed by atoms with Crippen molar-refractivity contribution in [2.24, 2.45) is 11.5 Å². The van der Waals surface area contributed by atoms with Crippen LogP contribution in [0.2, 0.25) is 0 Å². The Morgan fingerprint density at radius 2 is 1.76 bits per heavy atom. The van der Waals surface area contributed by atoms with Crippen molar-refractivity contribution in [2.75, 3.05) is 6.54 Å². The maximum atomic E-state index is 11.8. The van der Waals surface area contributed by atoms with Crippen molar-refractivity contribution in [1.82, 2.24) is 9.47 Å². The van der Waals surface area contributed by atoms with Crippen LogP contribution in [0.5, 0.6) is 0 Å². The SMILES string of the molecule is NC(=O)c1ccn2c1C(c1ccccc1)N(C(N)=O)CC2. The number of nitrogens with two attached hydrogens (primary N) is 2. The van der Waals surface area contributed by atoms with Crippen molar-refractivity contribution in [1.29, 1.82) is 0 Å². The summed E-state index contributed by atoms with van der Waals surface area (Å²) in [6.45, 7) is 1.09. The summed E-state index contributed by atoms with van der Waals surface area (Å²) in [6, 6.07) is 10.3. The number of hydrogen-bond donors (Lipinski definition) is 2. The van der Waals surface area contributed by atoms with E-state index >= 15 is 0 Å². The molecule has 4 N–H and O–H groups in total. The van der Waals surface area contributed by atoms with Gasteiger partial charge < -0.3 is 20.9 Å². The van der Waals surface area contributed by atoms with Gasteiger partial charge in [-0.2, -0.15) is 0 Å². The maximum absolute atomic E-state index is 11.8. The number of carbonyl (C=O) groups is 2. The Morgan fingerprint density at radius 1 is 1.05 bits per heavy atom. The van der Waals surface area contributed by atoms with Crippen LogP contribution in [0.1, 0.15) is 27.7 Å². The van der Waals surface area contributed by atoms with E-state index in [1.54, 1.807) is 11.0 Å². The summed E-state index contributed by atoms with van der Waals surface area (Å²) in [7, 11) is 0. The van der Waals surface area contributed by atoms with Gasteiger partial charge in [0, 0.05) is 19.3 Å². The Labute approximate surface area is 121 Å². The molecule has 0 bridgehead atoms. The van der Waals surface area contributed by atoms with Gasteiger partial charge in [-0.3, -0.25) is 4.79 Å². The molecule has 1 aliphatic heterocycles. The van der Waals surface area contributed by atoms with Crippen LogP contribution in [0, 0.1) is 0 Å². The lowest BCUT2D eigenvalue weighted by Gasteiger charge is -2.36. The van der Waals surface area contributed by atoms with E-state index in [2.05, 4.69) is 0 Å². The number of primary amides is 2. The smallest absolute Gasteiger partial charge is 0.315 e. The third-order valence-corrected chi connectivity index (χ3v) is 3.82. The molecule has 6 nitrogen and oxygen atoms in total. The molecule has 0 saturated heterocycles. The molecule has 1 unspecified atom stereocenters. The summed E-state index contributed by atoms with van der Waals surface area (Å²) >= 11 is 0. The fourth-order valence-electron chi connectivity index (χ4n) is 2.90. The van der Waals surface area contributed by atoms with Gasteiger partial charge in [-0.1, -0.05) is 30.3 Å². The lowest BCUT2D eigenvalue weighted by Crippen LogP contribution is -2.45. The Morgan fingerprint density at radius 3 is 2.38 bits per heavy atom. The fraction of sp³-hybridized carbons (Fsp3) is 0.200. The van der Waals surface area contributed by atoms with Crippen molar-refractivity contribution >= 4 is 11.9 Å². The molecule has 6 heteroatoms. The van der Waals surface area contributed by atoms with Gasteiger partial charge in [0.1, 0.15) is 0 Å². The largest absolute Gasteiger partial charge is 0.366 e. The highest BCUT2D eigenvalue weighted by Crippen LogP contribution is 2.34. The predicted octanol–water partition coefficient (Wildman–Crippen LogP) is 1.07. The number of amides is 3. The zero-order chi connectivity index (χ0) is 15.0. The van der Waals surface area contributed by atoms with Crippen molar-refractivity contribution in [3.8, 4) is 0 Å². The molecule has 0 radical (unpaired) electrons. The molecule has 108 valence electrons. The topological polar surface area (TPSA) is 94.3 Å². The van der Waals surface area contributed by atoms with E-state index < -0.39 is 18.0 Å². The van der Waals surface area contributed by atoms with Crippen LogP contribution < -0.4 is 11.5 Å². The summed E-state index contributed by atoms with van der Waals surface area (Å²) in [5.74, 6) is -0.504. The van der Waals surface area contributed by atoms with Gasteiger partial charge >= 0.3 is 6.03 Å². The zero-order valence-corrected chi connectivity index (χ0v) is 11.4. The average molecular weight is 284 g/mol. The van der Waals surface area contributed by atoms with Crippen LogP contribution in [0.25, 0.3) is 0 Å². The second-order valence-corrected chi connectivity index (χ2v) is 5.02. The third kappa shape index (κ3) is 2.14. The van der Waals surface area contributed by atoms with Crippen molar-refractivity contribution < 1.29 is 9.59 Å². The van der Waals surface area contributed by atoms with Crippen LogP contribution in [-0.4, -0.2) is 28.0 Å². The molecule has 3 rings (SSSR count). The first kappa shape index (κ1) is 13.2. The van der Waals surface area contributed by atoms with Gasteiger partial charge in [-0.15, -0.1) is 0 Å². The van der Waals surface area contributed by atoms with Crippen molar-refractivity contribution in [3.63, 3.8) is 0 Å². The highest BCUT2D eigenvalue weighted by molar-refractivity contribution is 5.94. The Hall–Kier alpha value is -2.76. The molecule has 0 aliphatic carbocycles. The van der Waals surface area contributed by atoms with E-state index in [0.29, 0.717) is 18.7 Å². The van der Waals surface area contributed by atoms with E-state index in [9.17, 15) is 9.59 Å². The van der Waals surface area contributed by atoms with Crippen LogP contribution in [0.4, 0.5) is 4.79 Å². The van der Waals surface area contributed by atoms with E-state index in [4.69, 9.17) is 11.5 Å². The highest BCUT2D eigenvalue weighted by Gasteiger charge is 2.34. The summed E-state index contributed by atoms with van der Waals surface area (Å²) < 4.78 is 1.96. The first-order chi connectivity index (χ1) is 10.1. The molecule has 0 fully saturated rings. The highest BCUT2D eigenvalue weighted by atomic mass is 16.2. The minimum atomic E-state index is -0.508. The monoisotopic (exact) mass is 284 g/mol. The van der Waals surface area contributed by atoms with Gasteiger partial charge in [0.2, 0.25) is 0 Å². The summed E-state index contributed by atoms with van der Waals surface area (Å²) in [5.41, 5.74) is 13.0. The van der Waals surface area contributed by atoms with E-state index in [1.165, 1.54) is 0 Å². The van der Waals surface area contributed by atoms with E-state index in [0.717, 1.165) is 11.3 Å². The van der Waals surface area contributed by atoms with Gasteiger partial charge in [0.15, 0.2) is 0 Å². The fourth-order valence-corrected chi connectivity index (χ4v) is 2.90. The van der Waals surface area contributed by atoms with Crippen molar-refractivity contribution in [2.45, 2.75) is 12.6 Å². The molecule has 2 heterocycles. The van der Waals surface area contributed by atoms with Crippen LogP contribution in [0.15, 0.2) is 42.6 Å². The number of carbonyl (C=O) groups excluding carboxylic acids is 2. The number of urea groups is 1. The second kappa shape index (κ2) is 4.97. The van der Waals surface area contributed by atoms with Crippen LogP contribution in [0.3, 0.4) is 0 Å². The van der Waals surface area contributed by atoms with E-state index in [1.807, 2.05) is 41.1 Å². The molecule has 2 aromatic rings. The van der Waals surface area contributed by atoms with Gasteiger partial charge in [0.05, 0.1) is 17.3 Å². The summed E-state index contributed by atoms with van der Waals surface area (Å²) in [5, 5.41) is 0. The third-order valence-electron chi connectivity index (χ3n) is 3.82. The molecule has 3 amide bonds. The number of nitrogens with zero attached hydrogens (tertiary/aromatic N) is 2. The molecule has 1 aliphatic rings. The van der Waals surface area contributed by atoms with E-state index in [-0.39, 0.29) is 0 Å². The molecular weight excluding hydrogens is 268 g/mol. The van der Waals surface area contributed by atoms with Gasteiger partial charge in [0.25, 0.3) is 5.91 Å². The predicted molar refractivity (Wildman–Crippen MR) is 77.5 cm³/mol. The lowest BCUT2D eigenvalue weighted by molar-refractivity contribution is 0.0995. The summed E-state index contributed by atoms with van der Waals surface area (Å²) in [4.78, 5) is 25.0. The number of rotatable bonds is 2. The number of aromatic nitrogens is 1. The lowest BCUT2D eigenvalue weighted by atomic mass is 9.97. The normalized spacial score (nSPS) is 17.3. The Kier molecular flexibility index (Phi) is 3.13. The quantitative estimate of drug-likeness (QED) is 0.863. The minimum absolute atomic E-state index is 0.394. The Bertz CT molecular complexity index is 693. The zero-order valence-electron chi connectivity index (χ0n) is 11.4. The maximum Gasteiger partial charge on any atom is 0.315 e. The number of benzene rings is 1. The second-order valence-electron chi connectivity index (χ2n) is 5.02. The van der Waals surface area contributed by atoms with Crippen LogP contribution >= 0.6 is 0 Å². The molecule has 1 aromatic heterocycles. The molecular formula is C15H16N4O2.